The third-order valence-electron chi connectivity index (χ3n) is 8.75. The molecule has 1 heterocycles. The lowest BCUT2D eigenvalue weighted by atomic mass is 9.68. The largest absolute Gasteiger partial charge is 0.490 e. The molecule has 1 saturated carbocycles. The number of aliphatic carboxylic acids is 2. The van der Waals surface area contributed by atoms with Gasteiger partial charge in [0.05, 0.1) is 30.7 Å². The first-order chi connectivity index (χ1) is 18.2. The van der Waals surface area contributed by atoms with Crippen LogP contribution < -0.4 is 9.64 Å². The average Bonchev–Trinajstić information content (AvgIpc) is 3.01. The summed E-state index contributed by atoms with van der Waals surface area (Å²) in [4.78, 5) is 25.7. The molecule has 2 aromatic carbocycles. The summed E-state index contributed by atoms with van der Waals surface area (Å²) in [5.74, 6) is -2.46. The van der Waals surface area contributed by atoms with Crippen molar-refractivity contribution < 1.29 is 29.6 Å². The minimum absolute atomic E-state index is 0.121. The Labute approximate surface area is 227 Å². The molecule has 202 valence electrons. The number of rotatable bonds is 8. The van der Waals surface area contributed by atoms with E-state index in [0.29, 0.717) is 36.0 Å². The molecule has 0 saturated heterocycles. The van der Waals surface area contributed by atoms with Crippen LogP contribution in [-0.2, 0) is 21.4 Å². The molecule has 2 aromatic rings. The monoisotopic (exact) mass is 539 g/mol. The summed E-state index contributed by atoms with van der Waals surface area (Å²) in [6.45, 7) is 5.59. The molecule has 2 aliphatic carbocycles. The summed E-state index contributed by atoms with van der Waals surface area (Å²) in [5, 5.41) is 30.3. The van der Waals surface area contributed by atoms with Gasteiger partial charge in [0, 0.05) is 23.5 Å². The fourth-order valence-corrected chi connectivity index (χ4v) is 6.79. The predicted octanol–water partition coefficient (Wildman–Crippen LogP) is 5.03. The molecule has 8 heteroatoms. The molecule has 3 aliphatic rings. The van der Waals surface area contributed by atoms with Gasteiger partial charge in [-0.3, -0.25) is 9.59 Å². The topological polar surface area (TPSA) is 107 Å². The number of ether oxygens (including phenoxy) is 1. The molecule has 3 N–H and O–H groups in total. The van der Waals surface area contributed by atoms with Crippen molar-refractivity contribution in [3.63, 3.8) is 0 Å². The Bertz CT molecular complexity index is 1250. The van der Waals surface area contributed by atoms with Gasteiger partial charge in [-0.25, -0.2) is 0 Å². The molecule has 1 aliphatic heterocycles. The highest BCUT2D eigenvalue weighted by Gasteiger charge is 2.44. The van der Waals surface area contributed by atoms with E-state index in [2.05, 4.69) is 17.5 Å². The maximum atomic E-state index is 12.0. The Morgan fingerprint density at radius 2 is 2.03 bits per heavy atom. The van der Waals surface area contributed by atoms with Crippen LogP contribution in [0.15, 0.2) is 49.1 Å². The van der Waals surface area contributed by atoms with Gasteiger partial charge in [0.1, 0.15) is 5.75 Å². The van der Waals surface area contributed by atoms with Crippen LogP contribution in [0.4, 0.5) is 5.69 Å². The zero-order valence-corrected chi connectivity index (χ0v) is 22.1. The van der Waals surface area contributed by atoms with Crippen LogP contribution in [0.1, 0.15) is 54.7 Å². The third kappa shape index (κ3) is 5.02. The van der Waals surface area contributed by atoms with Gasteiger partial charge in [-0.15, -0.1) is 6.58 Å². The van der Waals surface area contributed by atoms with Crippen molar-refractivity contribution in [2.45, 2.75) is 56.0 Å². The summed E-state index contributed by atoms with van der Waals surface area (Å²) in [7, 11) is 0. The Hall–Kier alpha value is -3.03. The number of halogens is 1. The molecule has 1 spiro atoms. The second kappa shape index (κ2) is 10.6. The Kier molecular flexibility index (Phi) is 7.43. The molecule has 1 fully saturated rings. The van der Waals surface area contributed by atoms with Crippen LogP contribution in [0.25, 0.3) is 0 Å². The number of hydrogen-bond acceptors (Lipinski definition) is 5. The molecule has 0 aromatic heterocycles. The van der Waals surface area contributed by atoms with E-state index in [4.69, 9.17) is 16.3 Å². The Balaban J connectivity index is 1.56. The van der Waals surface area contributed by atoms with Gasteiger partial charge in [0.15, 0.2) is 0 Å². The molecular formula is C30H34ClNO6. The number of carboxylic acid groups (broad SMARTS) is 2. The Morgan fingerprint density at radius 1 is 1.21 bits per heavy atom. The van der Waals surface area contributed by atoms with E-state index in [-0.39, 0.29) is 17.3 Å². The number of carboxylic acids is 2. The SMILES string of the molecule is C=CC(O)[C@@H]1CC[C@H]1CN1C[C@@]2(CCCc3cc(Cl)ccc32)COc2ccc(C(CC(=O)O)C(=O)O)cc21. The van der Waals surface area contributed by atoms with Crippen molar-refractivity contribution >= 4 is 29.2 Å². The number of aliphatic hydroxyl groups excluding tert-OH is 1. The molecule has 0 bridgehead atoms. The number of anilines is 1. The zero-order chi connectivity index (χ0) is 27.0. The molecule has 5 rings (SSSR count). The Morgan fingerprint density at radius 3 is 2.71 bits per heavy atom. The van der Waals surface area contributed by atoms with E-state index in [9.17, 15) is 24.9 Å². The first-order valence-electron chi connectivity index (χ1n) is 13.3. The van der Waals surface area contributed by atoms with Crippen LogP contribution >= 0.6 is 11.6 Å². The smallest absolute Gasteiger partial charge is 0.311 e. The van der Waals surface area contributed by atoms with Gasteiger partial charge in [-0.2, -0.15) is 0 Å². The molecular weight excluding hydrogens is 506 g/mol. The average molecular weight is 540 g/mol. The van der Waals surface area contributed by atoms with E-state index in [1.165, 1.54) is 11.1 Å². The van der Waals surface area contributed by atoms with Crippen LogP contribution in [0.2, 0.25) is 5.02 Å². The van der Waals surface area contributed by atoms with Gasteiger partial charge in [0.25, 0.3) is 0 Å². The van der Waals surface area contributed by atoms with Gasteiger partial charge in [-0.1, -0.05) is 29.8 Å². The number of carbonyl (C=O) groups is 2. The van der Waals surface area contributed by atoms with E-state index in [0.717, 1.165) is 37.8 Å². The van der Waals surface area contributed by atoms with E-state index >= 15 is 0 Å². The molecule has 2 unspecified atom stereocenters. The van der Waals surface area contributed by atoms with Crippen LogP contribution in [0.3, 0.4) is 0 Å². The molecule has 38 heavy (non-hydrogen) atoms. The predicted molar refractivity (Wildman–Crippen MR) is 145 cm³/mol. The summed E-state index contributed by atoms with van der Waals surface area (Å²) >= 11 is 6.34. The van der Waals surface area contributed by atoms with Crippen molar-refractivity contribution in [2.24, 2.45) is 11.8 Å². The van der Waals surface area contributed by atoms with E-state index in [1.807, 2.05) is 12.1 Å². The number of fused-ring (bicyclic) bond motifs is 3. The first kappa shape index (κ1) is 26.6. The molecule has 5 atom stereocenters. The number of aliphatic hydroxyl groups is 1. The van der Waals surface area contributed by atoms with E-state index in [1.54, 1.807) is 24.3 Å². The third-order valence-corrected chi connectivity index (χ3v) is 8.99. The van der Waals surface area contributed by atoms with Gasteiger partial charge in [-0.05, 0) is 84.9 Å². The highest BCUT2D eigenvalue weighted by molar-refractivity contribution is 6.30. The number of benzene rings is 2. The first-order valence-corrected chi connectivity index (χ1v) is 13.6. The maximum Gasteiger partial charge on any atom is 0.311 e. The van der Waals surface area contributed by atoms with Crippen LogP contribution in [0.5, 0.6) is 5.75 Å². The summed E-state index contributed by atoms with van der Waals surface area (Å²) in [6.07, 6.45) is 5.36. The van der Waals surface area contributed by atoms with Gasteiger partial charge >= 0.3 is 11.9 Å². The second-order valence-corrected chi connectivity index (χ2v) is 11.5. The summed E-state index contributed by atoms with van der Waals surface area (Å²) < 4.78 is 6.46. The van der Waals surface area contributed by atoms with Crippen molar-refractivity contribution in [2.75, 3.05) is 24.6 Å². The van der Waals surface area contributed by atoms with Crippen molar-refractivity contribution in [1.82, 2.24) is 0 Å². The lowest BCUT2D eigenvalue weighted by Gasteiger charge is -2.45. The molecule has 7 nitrogen and oxygen atoms in total. The zero-order valence-electron chi connectivity index (χ0n) is 21.3. The van der Waals surface area contributed by atoms with E-state index < -0.39 is 30.4 Å². The lowest BCUT2D eigenvalue weighted by Crippen LogP contribution is -2.49. The highest BCUT2D eigenvalue weighted by Crippen LogP contribution is 2.47. The van der Waals surface area contributed by atoms with Crippen LogP contribution in [-0.4, -0.2) is 53.1 Å². The normalized spacial score (nSPS) is 25.7. The summed E-state index contributed by atoms with van der Waals surface area (Å²) in [5.41, 5.74) is 3.40. The number of aryl methyl sites for hydroxylation is 1. The maximum absolute atomic E-state index is 12.0. The minimum Gasteiger partial charge on any atom is -0.490 e. The molecule has 0 amide bonds. The fourth-order valence-electron chi connectivity index (χ4n) is 6.60. The van der Waals surface area contributed by atoms with Crippen LogP contribution in [0, 0.1) is 11.8 Å². The van der Waals surface area contributed by atoms with Crippen molar-refractivity contribution in [3.05, 3.63) is 70.8 Å². The number of nitrogens with zero attached hydrogens (tertiary/aromatic N) is 1. The quantitative estimate of drug-likeness (QED) is 0.404. The number of hydrogen-bond donors (Lipinski definition) is 3. The second-order valence-electron chi connectivity index (χ2n) is 11.0. The highest BCUT2D eigenvalue weighted by atomic mass is 35.5. The fraction of sp³-hybridized carbons (Fsp3) is 0.467. The van der Waals surface area contributed by atoms with Gasteiger partial charge in [0.2, 0.25) is 0 Å². The standard InChI is InChI=1S/C30H34ClNO6/c1-2-26(33)22-8-5-20(22)15-32-16-30(11-3-4-19-12-21(31)7-9-24(19)30)17-38-27-10-6-18(13-25(27)32)23(29(36)37)14-28(34)35/h2,6-7,9-10,12-13,20,22-23,26,33H,1,3-5,8,11,14-17H2,(H,34,35)(H,36,37)/t20-,22+,23?,26?,30-/m0/s1. The molecule has 0 radical (unpaired) electrons. The minimum atomic E-state index is -1.17. The lowest BCUT2D eigenvalue weighted by molar-refractivity contribution is -0.145. The van der Waals surface area contributed by atoms with Crippen molar-refractivity contribution in [3.8, 4) is 5.75 Å². The van der Waals surface area contributed by atoms with Crippen molar-refractivity contribution in [1.29, 1.82) is 0 Å². The van der Waals surface area contributed by atoms with Gasteiger partial charge < -0.3 is 25.0 Å². The summed E-state index contributed by atoms with van der Waals surface area (Å²) in [6, 6.07) is 11.3.